The smallest absolute Gasteiger partial charge is 0.243 e. The van der Waals surface area contributed by atoms with Gasteiger partial charge in [0, 0.05) is 32.7 Å². The van der Waals surface area contributed by atoms with Crippen molar-refractivity contribution in [1.82, 2.24) is 19.4 Å². The number of hydrogen-bond acceptors (Lipinski definition) is 5. The molecule has 8 nitrogen and oxygen atoms in total. The van der Waals surface area contributed by atoms with Crippen molar-refractivity contribution < 1.29 is 18.0 Å². The molecule has 1 aromatic carbocycles. The fraction of sp³-hybridized carbons (Fsp3) is 0.600. The molecule has 29 heavy (non-hydrogen) atoms. The van der Waals surface area contributed by atoms with Crippen molar-refractivity contribution in [2.45, 2.75) is 32.1 Å². The van der Waals surface area contributed by atoms with Crippen LogP contribution in [0.1, 0.15) is 24.5 Å². The van der Waals surface area contributed by atoms with Crippen molar-refractivity contribution in [2.75, 3.05) is 52.9 Å². The Balaban J connectivity index is 1.88. The third kappa shape index (κ3) is 6.25. The van der Waals surface area contributed by atoms with Gasteiger partial charge in [-0.2, -0.15) is 4.31 Å². The zero-order chi connectivity index (χ0) is 21.6. The Morgan fingerprint density at radius 3 is 2.31 bits per heavy atom. The van der Waals surface area contributed by atoms with Gasteiger partial charge < -0.3 is 10.2 Å². The lowest BCUT2D eigenvalue weighted by Gasteiger charge is -2.34. The van der Waals surface area contributed by atoms with Crippen LogP contribution in [0.15, 0.2) is 23.1 Å². The molecule has 2 amide bonds. The molecule has 0 bridgehead atoms. The number of rotatable bonds is 8. The third-order valence-corrected chi connectivity index (χ3v) is 6.99. The lowest BCUT2D eigenvalue weighted by Crippen LogP contribution is -2.52. The number of nitrogens with one attached hydrogen (secondary N) is 1. The van der Waals surface area contributed by atoms with Crippen LogP contribution in [-0.2, 0) is 19.6 Å². The van der Waals surface area contributed by atoms with E-state index in [0.717, 1.165) is 17.5 Å². The summed E-state index contributed by atoms with van der Waals surface area (Å²) in [5, 5.41) is 2.78. The maximum Gasteiger partial charge on any atom is 0.243 e. The number of amides is 2. The summed E-state index contributed by atoms with van der Waals surface area (Å²) in [6.07, 6.45) is 0.865. The largest absolute Gasteiger partial charge is 0.355 e. The predicted octanol–water partition coefficient (Wildman–Crippen LogP) is 0.594. The minimum atomic E-state index is -3.57. The van der Waals surface area contributed by atoms with Gasteiger partial charge in [0.1, 0.15) is 0 Å². The van der Waals surface area contributed by atoms with Gasteiger partial charge in [-0.25, -0.2) is 8.42 Å². The van der Waals surface area contributed by atoms with Gasteiger partial charge in [-0.1, -0.05) is 13.0 Å². The minimum absolute atomic E-state index is 0.0981. The molecule has 0 spiro atoms. The van der Waals surface area contributed by atoms with E-state index in [4.69, 9.17) is 0 Å². The van der Waals surface area contributed by atoms with E-state index in [1.54, 1.807) is 29.0 Å². The zero-order valence-electron chi connectivity index (χ0n) is 17.8. The van der Waals surface area contributed by atoms with Gasteiger partial charge in [0.2, 0.25) is 21.8 Å². The molecule has 0 unspecified atom stereocenters. The van der Waals surface area contributed by atoms with Crippen LogP contribution in [0, 0.1) is 13.8 Å². The van der Waals surface area contributed by atoms with Crippen molar-refractivity contribution in [3.8, 4) is 0 Å². The fourth-order valence-electron chi connectivity index (χ4n) is 3.15. The second-order valence-corrected chi connectivity index (χ2v) is 9.49. The summed E-state index contributed by atoms with van der Waals surface area (Å²) in [5.41, 5.74) is 1.98. The number of carbonyl (C=O) groups excluding carboxylic acids is 2. The molecular formula is C20H32N4O4S. The second-order valence-electron chi connectivity index (χ2n) is 7.55. The standard InChI is InChI=1S/C20H32N4O4S/c1-5-8-21-19(25)14-22(4)15-20(26)23-9-11-24(12-10-23)29(27,28)18-7-6-16(2)17(3)13-18/h6-7,13H,5,8-12,14-15H2,1-4H3,(H,21,25). The molecule has 1 fully saturated rings. The number of aryl methyl sites for hydroxylation is 2. The summed E-state index contributed by atoms with van der Waals surface area (Å²) in [4.78, 5) is 27.9. The summed E-state index contributed by atoms with van der Waals surface area (Å²) >= 11 is 0. The highest BCUT2D eigenvalue weighted by Gasteiger charge is 2.30. The van der Waals surface area contributed by atoms with Gasteiger partial charge in [0.25, 0.3) is 0 Å². The monoisotopic (exact) mass is 424 g/mol. The first-order chi connectivity index (χ1) is 13.6. The van der Waals surface area contributed by atoms with E-state index >= 15 is 0 Å². The van der Waals surface area contributed by atoms with Gasteiger partial charge in [0.05, 0.1) is 18.0 Å². The SMILES string of the molecule is CCCNC(=O)CN(C)CC(=O)N1CCN(S(=O)(=O)c2ccc(C)c(C)c2)CC1. The first-order valence-electron chi connectivity index (χ1n) is 9.95. The van der Waals surface area contributed by atoms with Crippen molar-refractivity contribution in [3.05, 3.63) is 29.3 Å². The Morgan fingerprint density at radius 1 is 1.07 bits per heavy atom. The highest BCUT2D eigenvalue weighted by Crippen LogP contribution is 2.20. The highest BCUT2D eigenvalue weighted by atomic mass is 32.2. The van der Waals surface area contributed by atoms with Crippen LogP contribution in [0.2, 0.25) is 0 Å². The third-order valence-electron chi connectivity index (χ3n) is 5.10. The summed E-state index contributed by atoms with van der Waals surface area (Å²) in [7, 11) is -1.84. The van der Waals surface area contributed by atoms with Crippen LogP contribution in [-0.4, -0.2) is 87.2 Å². The van der Waals surface area contributed by atoms with E-state index in [1.165, 1.54) is 4.31 Å². The van der Waals surface area contributed by atoms with Gasteiger partial charge >= 0.3 is 0 Å². The van der Waals surface area contributed by atoms with Crippen molar-refractivity contribution in [1.29, 1.82) is 0 Å². The topological polar surface area (TPSA) is 90.0 Å². The molecule has 1 saturated heterocycles. The van der Waals surface area contributed by atoms with Crippen molar-refractivity contribution in [3.63, 3.8) is 0 Å². The lowest BCUT2D eigenvalue weighted by atomic mass is 10.1. The van der Waals surface area contributed by atoms with Crippen LogP contribution in [0.25, 0.3) is 0 Å². The summed E-state index contributed by atoms with van der Waals surface area (Å²) < 4.78 is 27.2. The summed E-state index contributed by atoms with van der Waals surface area (Å²) in [5.74, 6) is -0.203. The van der Waals surface area contributed by atoms with Crippen LogP contribution >= 0.6 is 0 Å². The number of nitrogens with zero attached hydrogens (tertiary/aromatic N) is 3. The molecule has 0 atom stereocenters. The van der Waals surface area contributed by atoms with Gasteiger partial charge in [-0.05, 0) is 50.6 Å². The Hall–Kier alpha value is -1.97. The molecule has 1 heterocycles. The summed E-state index contributed by atoms with van der Waals surface area (Å²) in [6, 6.07) is 5.14. The molecule has 1 N–H and O–H groups in total. The Morgan fingerprint density at radius 2 is 1.72 bits per heavy atom. The molecule has 1 aliphatic rings. The minimum Gasteiger partial charge on any atom is -0.355 e. The number of hydrogen-bond donors (Lipinski definition) is 1. The number of carbonyl (C=O) groups is 2. The molecule has 2 rings (SSSR count). The number of piperazine rings is 1. The van der Waals surface area contributed by atoms with E-state index in [-0.39, 0.29) is 38.0 Å². The van der Waals surface area contributed by atoms with Gasteiger partial charge in [-0.15, -0.1) is 0 Å². The van der Waals surface area contributed by atoms with Crippen LogP contribution in [0.3, 0.4) is 0 Å². The zero-order valence-corrected chi connectivity index (χ0v) is 18.6. The molecule has 0 aliphatic carbocycles. The van der Waals surface area contributed by atoms with Crippen LogP contribution in [0.5, 0.6) is 0 Å². The predicted molar refractivity (Wildman–Crippen MR) is 112 cm³/mol. The lowest BCUT2D eigenvalue weighted by molar-refractivity contribution is -0.133. The van der Waals surface area contributed by atoms with E-state index in [2.05, 4.69) is 5.32 Å². The molecule has 1 aromatic rings. The van der Waals surface area contributed by atoms with E-state index in [0.29, 0.717) is 24.5 Å². The number of likely N-dealkylation sites (N-methyl/N-ethyl adjacent to an activating group) is 1. The summed E-state index contributed by atoms with van der Waals surface area (Å²) in [6.45, 7) is 7.95. The first-order valence-corrected chi connectivity index (χ1v) is 11.4. The van der Waals surface area contributed by atoms with E-state index in [1.807, 2.05) is 26.8 Å². The maximum absolute atomic E-state index is 12.9. The normalized spacial score (nSPS) is 15.6. The van der Waals surface area contributed by atoms with Crippen molar-refractivity contribution >= 4 is 21.8 Å². The average Bonchev–Trinajstić information content (AvgIpc) is 2.68. The van der Waals surface area contributed by atoms with Crippen LogP contribution in [0.4, 0.5) is 0 Å². The Bertz CT molecular complexity index is 833. The van der Waals surface area contributed by atoms with Gasteiger partial charge in [-0.3, -0.25) is 14.5 Å². The molecule has 162 valence electrons. The number of sulfonamides is 1. The van der Waals surface area contributed by atoms with E-state index in [9.17, 15) is 18.0 Å². The van der Waals surface area contributed by atoms with Crippen LogP contribution < -0.4 is 5.32 Å². The fourth-order valence-corrected chi connectivity index (χ4v) is 4.66. The molecule has 1 aliphatic heterocycles. The molecule has 0 aromatic heterocycles. The number of benzene rings is 1. The molecular weight excluding hydrogens is 392 g/mol. The Kier molecular flexibility index (Phi) is 8.18. The first kappa shape index (κ1) is 23.3. The molecule has 0 saturated carbocycles. The Labute approximate surface area is 173 Å². The quantitative estimate of drug-likeness (QED) is 0.660. The maximum atomic E-state index is 12.9. The highest BCUT2D eigenvalue weighted by molar-refractivity contribution is 7.89. The van der Waals surface area contributed by atoms with Gasteiger partial charge in [0.15, 0.2) is 0 Å². The second kappa shape index (κ2) is 10.2. The molecule has 0 radical (unpaired) electrons. The molecule has 9 heteroatoms. The van der Waals surface area contributed by atoms with Crippen molar-refractivity contribution in [2.24, 2.45) is 0 Å². The van der Waals surface area contributed by atoms with E-state index < -0.39 is 10.0 Å². The average molecular weight is 425 g/mol.